The first-order chi connectivity index (χ1) is 24.3. The summed E-state index contributed by atoms with van der Waals surface area (Å²) in [5, 5.41) is 0. The van der Waals surface area contributed by atoms with Gasteiger partial charge in [-0.1, -0.05) is 131 Å². The van der Waals surface area contributed by atoms with Crippen LogP contribution in [-0.4, -0.2) is 0 Å². The minimum Gasteiger partial charge on any atom is -0.453 e. The fraction of sp³-hybridized carbons (Fsp3) is 0.125. The lowest BCUT2D eigenvalue weighted by atomic mass is 9.81. The molecule has 10 rings (SSSR count). The average Bonchev–Trinajstić information content (AvgIpc) is 3.53. The normalized spacial score (nSPS) is 15.2. The number of hydrogen-bond acceptors (Lipinski definition) is 2. The maximum atomic E-state index is 6.67. The van der Waals surface area contributed by atoms with Crippen molar-refractivity contribution in [1.82, 2.24) is 0 Å². The zero-order valence-electron chi connectivity index (χ0n) is 28.8. The molecule has 1 heterocycles. The van der Waals surface area contributed by atoms with Crippen LogP contribution < -0.4 is 9.64 Å². The molecule has 0 saturated carbocycles. The second-order valence-corrected chi connectivity index (χ2v) is 15.0. The van der Waals surface area contributed by atoms with E-state index in [1.165, 1.54) is 66.8 Å². The van der Waals surface area contributed by atoms with Crippen molar-refractivity contribution < 1.29 is 4.74 Å². The van der Waals surface area contributed by atoms with Gasteiger partial charge >= 0.3 is 0 Å². The number of anilines is 3. The minimum atomic E-state index is -0.0553. The van der Waals surface area contributed by atoms with Gasteiger partial charge in [-0.2, -0.15) is 0 Å². The van der Waals surface area contributed by atoms with E-state index in [4.69, 9.17) is 4.74 Å². The van der Waals surface area contributed by atoms with Gasteiger partial charge in [-0.3, -0.25) is 0 Å². The summed E-state index contributed by atoms with van der Waals surface area (Å²) in [6, 6.07) is 55.5. The molecular weight excluding hydrogens is 607 g/mol. The van der Waals surface area contributed by atoms with E-state index in [1.54, 1.807) is 0 Å². The molecule has 240 valence electrons. The van der Waals surface area contributed by atoms with Gasteiger partial charge in [-0.25, -0.2) is 0 Å². The largest absolute Gasteiger partial charge is 0.453 e. The first-order valence-corrected chi connectivity index (χ1v) is 17.6. The Morgan fingerprint density at radius 2 is 0.780 bits per heavy atom. The fourth-order valence-corrected chi connectivity index (χ4v) is 8.79. The number of ether oxygens (including phenoxy) is 1. The number of rotatable bonds is 3. The van der Waals surface area contributed by atoms with Gasteiger partial charge in [0.2, 0.25) is 0 Å². The van der Waals surface area contributed by atoms with Gasteiger partial charge in [0.15, 0.2) is 11.5 Å². The van der Waals surface area contributed by atoms with E-state index in [1.807, 2.05) is 0 Å². The summed E-state index contributed by atoms with van der Waals surface area (Å²) in [7, 11) is 0. The van der Waals surface area contributed by atoms with E-state index in [0.717, 1.165) is 28.6 Å². The van der Waals surface area contributed by atoms with Gasteiger partial charge in [0.1, 0.15) is 0 Å². The Kier molecular flexibility index (Phi) is 6.01. The maximum Gasteiger partial charge on any atom is 0.151 e. The summed E-state index contributed by atoms with van der Waals surface area (Å²) < 4.78 is 6.67. The summed E-state index contributed by atoms with van der Waals surface area (Å²) in [6.45, 7) is 9.37. The van der Waals surface area contributed by atoms with Crippen molar-refractivity contribution in [2.75, 3.05) is 4.90 Å². The Morgan fingerprint density at radius 3 is 1.28 bits per heavy atom. The van der Waals surface area contributed by atoms with Gasteiger partial charge in [0.25, 0.3) is 0 Å². The Morgan fingerprint density at radius 1 is 0.380 bits per heavy atom. The number of fused-ring (bicyclic) bond motifs is 8. The Balaban J connectivity index is 1.08. The van der Waals surface area contributed by atoms with Crippen LogP contribution in [0.2, 0.25) is 0 Å². The molecule has 0 amide bonds. The molecule has 2 nitrogen and oxygen atoms in total. The monoisotopic (exact) mass is 643 g/mol. The highest BCUT2D eigenvalue weighted by Gasteiger charge is 2.37. The highest BCUT2D eigenvalue weighted by molar-refractivity contribution is 5.92. The molecular formula is C48H37NO. The van der Waals surface area contributed by atoms with E-state index >= 15 is 0 Å². The van der Waals surface area contributed by atoms with Crippen molar-refractivity contribution in [3.8, 4) is 56.0 Å². The maximum absolute atomic E-state index is 6.67. The number of nitrogens with zero attached hydrogens (tertiary/aromatic N) is 1. The Labute approximate surface area is 294 Å². The highest BCUT2D eigenvalue weighted by Crippen LogP contribution is 2.55. The van der Waals surface area contributed by atoms with Crippen molar-refractivity contribution in [2.45, 2.75) is 38.5 Å². The van der Waals surface area contributed by atoms with Gasteiger partial charge < -0.3 is 9.64 Å². The molecule has 2 heteroatoms. The predicted octanol–water partition coefficient (Wildman–Crippen LogP) is 13.2. The van der Waals surface area contributed by atoms with E-state index in [9.17, 15) is 0 Å². The molecule has 50 heavy (non-hydrogen) atoms. The number of para-hydroxylation sites is 1. The van der Waals surface area contributed by atoms with Crippen molar-refractivity contribution in [2.24, 2.45) is 0 Å². The summed E-state index contributed by atoms with van der Waals surface area (Å²) >= 11 is 0. The molecule has 0 unspecified atom stereocenters. The van der Waals surface area contributed by atoms with Gasteiger partial charge in [0.05, 0.1) is 11.4 Å². The highest BCUT2D eigenvalue weighted by atomic mass is 16.5. The van der Waals surface area contributed by atoms with Crippen LogP contribution in [0.1, 0.15) is 49.9 Å². The average molecular weight is 644 g/mol. The third kappa shape index (κ3) is 4.08. The molecule has 0 spiro atoms. The lowest BCUT2D eigenvalue weighted by Gasteiger charge is -2.33. The van der Waals surface area contributed by atoms with Crippen LogP contribution in [0, 0.1) is 0 Å². The number of benzene rings is 7. The van der Waals surface area contributed by atoms with E-state index in [0.29, 0.717) is 0 Å². The van der Waals surface area contributed by atoms with Crippen molar-refractivity contribution in [1.29, 1.82) is 0 Å². The first kappa shape index (κ1) is 29.1. The van der Waals surface area contributed by atoms with E-state index in [2.05, 4.69) is 184 Å². The summed E-state index contributed by atoms with van der Waals surface area (Å²) in [5.41, 5.74) is 18.7. The summed E-state index contributed by atoms with van der Waals surface area (Å²) in [5.74, 6) is 1.70. The summed E-state index contributed by atoms with van der Waals surface area (Å²) in [4.78, 5) is 2.36. The fourth-order valence-electron chi connectivity index (χ4n) is 8.79. The Bertz CT molecular complexity index is 2370. The molecule has 0 atom stereocenters. The SMILES string of the molecule is CC1(C)c2ccccc2-c2ccc(-c3ccc4c(c3)N(c3ccccc3)c3cc(-c5ccc6c(c5)C(C)(C)c5ccccc5-6)ccc3O4)cc21. The molecule has 3 aliphatic rings. The molecule has 1 aliphatic heterocycles. The van der Waals surface area contributed by atoms with Gasteiger partial charge in [-0.05, 0) is 115 Å². The van der Waals surface area contributed by atoms with Gasteiger partial charge in [-0.15, -0.1) is 0 Å². The van der Waals surface area contributed by atoms with Crippen molar-refractivity contribution in [3.63, 3.8) is 0 Å². The van der Waals surface area contributed by atoms with Crippen LogP contribution in [0.5, 0.6) is 11.5 Å². The van der Waals surface area contributed by atoms with Crippen LogP contribution in [0.3, 0.4) is 0 Å². The lowest BCUT2D eigenvalue weighted by Crippen LogP contribution is -2.16. The Hall–Kier alpha value is -5.86. The lowest BCUT2D eigenvalue weighted by molar-refractivity contribution is 0.477. The van der Waals surface area contributed by atoms with E-state index in [-0.39, 0.29) is 10.8 Å². The molecule has 0 fully saturated rings. The third-order valence-electron chi connectivity index (χ3n) is 11.5. The smallest absolute Gasteiger partial charge is 0.151 e. The second kappa shape index (κ2) is 10.3. The number of hydrogen-bond donors (Lipinski definition) is 0. The van der Waals surface area contributed by atoms with Crippen molar-refractivity contribution in [3.05, 3.63) is 174 Å². The summed E-state index contributed by atoms with van der Waals surface area (Å²) in [6.07, 6.45) is 0. The van der Waals surface area contributed by atoms with Crippen LogP contribution in [0.4, 0.5) is 17.1 Å². The molecule has 0 N–H and O–H groups in total. The quantitative estimate of drug-likeness (QED) is 0.190. The predicted molar refractivity (Wildman–Crippen MR) is 207 cm³/mol. The van der Waals surface area contributed by atoms with Crippen molar-refractivity contribution >= 4 is 17.1 Å². The molecule has 0 bridgehead atoms. The van der Waals surface area contributed by atoms with Crippen LogP contribution in [-0.2, 0) is 10.8 Å². The molecule has 0 saturated heterocycles. The topological polar surface area (TPSA) is 12.5 Å². The molecule has 7 aromatic carbocycles. The zero-order chi connectivity index (χ0) is 33.8. The molecule has 7 aromatic rings. The standard InChI is InChI=1S/C48H37NO/c1-47(2)39-16-10-8-14-35(39)37-22-18-30(26-41(37)47)32-20-24-45-43(28-32)49(34-12-6-5-7-13-34)44-29-33(21-25-46(44)50-45)31-19-23-38-36-15-9-11-17-40(36)48(3,4)42(38)27-31/h5-29H,1-4H3. The minimum absolute atomic E-state index is 0.0553. The van der Waals surface area contributed by atoms with Gasteiger partial charge in [0, 0.05) is 16.5 Å². The molecule has 2 aliphatic carbocycles. The molecule has 0 aromatic heterocycles. The molecule has 0 radical (unpaired) electrons. The van der Waals surface area contributed by atoms with Crippen LogP contribution in [0.15, 0.2) is 152 Å². The van der Waals surface area contributed by atoms with E-state index < -0.39 is 0 Å². The third-order valence-corrected chi connectivity index (χ3v) is 11.5. The van der Waals surface area contributed by atoms with Crippen LogP contribution in [0.25, 0.3) is 44.5 Å². The zero-order valence-corrected chi connectivity index (χ0v) is 28.8. The first-order valence-electron chi connectivity index (χ1n) is 17.6. The second-order valence-electron chi connectivity index (χ2n) is 15.0. The van der Waals surface area contributed by atoms with Crippen LogP contribution >= 0.6 is 0 Å².